The van der Waals surface area contributed by atoms with Gasteiger partial charge in [-0.25, -0.2) is 10.2 Å². The molecule has 2 N–H and O–H groups in total. The Balaban J connectivity index is 1.48. The van der Waals surface area contributed by atoms with E-state index in [1.165, 1.54) is 36.4 Å². The van der Waals surface area contributed by atoms with E-state index in [9.17, 15) is 29.8 Å². The van der Waals surface area contributed by atoms with Gasteiger partial charge in [0.1, 0.15) is 5.75 Å². The van der Waals surface area contributed by atoms with Crippen molar-refractivity contribution in [3.05, 3.63) is 101 Å². The number of rotatable bonds is 7. The van der Waals surface area contributed by atoms with Crippen molar-refractivity contribution in [2.24, 2.45) is 0 Å². The quantitative estimate of drug-likeness (QED) is 0.132. The minimum absolute atomic E-state index is 0.0736. The van der Waals surface area contributed by atoms with Gasteiger partial charge in [-0.15, -0.1) is 0 Å². The molecule has 0 aliphatic carbocycles. The van der Waals surface area contributed by atoms with Gasteiger partial charge >= 0.3 is 11.7 Å². The number of hydrogen-bond acceptors (Lipinski definition) is 9. The predicted octanol–water partition coefficient (Wildman–Crippen LogP) is 6.54. The number of ether oxygens (including phenoxy) is 1. The third kappa shape index (κ3) is 6.61. The number of thiocarbonyl (C=S) groups is 1. The fourth-order valence-corrected chi connectivity index (χ4v) is 4.67. The molecule has 4 rings (SSSR count). The summed E-state index contributed by atoms with van der Waals surface area (Å²) in [6, 6.07) is 13.0. The molecule has 0 aromatic heterocycles. The molecule has 0 bridgehead atoms. The average molecular weight is 606 g/mol. The zero-order chi connectivity index (χ0) is 28.3. The molecule has 0 unspecified atom stereocenters. The molecule has 0 saturated carbocycles. The minimum atomic E-state index is -0.789. The van der Waals surface area contributed by atoms with Crippen molar-refractivity contribution >= 4 is 86.6 Å². The third-order valence-corrected chi connectivity index (χ3v) is 6.96. The van der Waals surface area contributed by atoms with Gasteiger partial charge in [0, 0.05) is 11.8 Å². The number of anilines is 1. The number of nitrogens with zero attached hydrogens (tertiary/aromatic N) is 3. The topological polar surface area (TPSA) is 157 Å². The van der Waals surface area contributed by atoms with Crippen molar-refractivity contribution in [3.63, 3.8) is 0 Å². The van der Waals surface area contributed by atoms with E-state index in [2.05, 4.69) is 10.7 Å². The number of nitro benzene ring substituents is 2. The Bertz CT molecular complexity index is 1580. The van der Waals surface area contributed by atoms with Crippen LogP contribution in [0.5, 0.6) is 11.5 Å². The summed E-state index contributed by atoms with van der Waals surface area (Å²) in [7, 11) is 0. The van der Waals surface area contributed by atoms with Crippen LogP contribution in [0, 0.1) is 20.2 Å². The molecule has 16 heteroatoms. The molecule has 0 atom stereocenters. The number of non-ortho nitro benzene ring substituents is 1. The van der Waals surface area contributed by atoms with Gasteiger partial charge in [-0.1, -0.05) is 47.1 Å². The fraction of sp³-hybridized carbons (Fsp3) is 0. The van der Waals surface area contributed by atoms with Crippen molar-refractivity contribution in [3.8, 4) is 11.5 Å². The minimum Gasteiger partial charge on any atom is -0.450 e. The number of amides is 3. The van der Waals surface area contributed by atoms with Crippen molar-refractivity contribution in [2.75, 3.05) is 5.32 Å². The maximum atomic E-state index is 12.9. The van der Waals surface area contributed by atoms with Gasteiger partial charge in [-0.2, -0.15) is 5.01 Å². The summed E-state index contributed by atoms with van der Waals surface area (Å²) >= 11 is 18.0. The van der Waals surface area contributed by atoms with E-state index in [0.717, 1.165) is 35.0 Å². The molecule has 3 amide bonds. The van der Waals surface area contributed by atoms with Gasteiger partial charge in [0.25, 0.3) is 11.6 Å². The van der Waals surface area contributed by atoms with E-state index in [1.807, 2.05) is 0 Å². The number of nitro groups is 2. The number of carbonyl (C=O) groups excluding carboxylic acids is 2. The SMILES string of the molecule is O=C(Nc1ccc(Cl)c(Cl)c1)NN1C(=O)/C(=C\c2cccc(Oc3ccc([N+](=O)[O-])cc3[N+](=O)[O-])c2)SC1=S. The zero-order valence-corrected chi connectivity index (χ0v) is 22.3. The number of nitrogens with one attached hydrogen (secondary N) is 2. The summed E-state index contributed by atoms with van der Waals surface area (Å²) in [5.74, 6) is -0.617. The Kier molecular flexibility index (Phi) is 8.30. The smallest absolute Gasteiger partial charge is 0.338 e. The third-order valence-electron chi connectivity index (χ3n) is 4.92. The summed E-state index contributed by atoms with van der Waals surface area (Å²) in [5, 5.41) is 26.3. The molecule has 39 heavy (non-hydrogen) atoms. The van der Waals surface area contributed by atoms with Crippen molar-refractivity contribution in [2.45, 2.75) is 0 Å². The molecule has 0 spiro atoms. The van der Waals surface area contributed by atoms with Crippen LogP contribution in [-0.2, 0) is 4.79 Å². The summed E-state index contributed by atoms with van der Waals surface area (Å²) < 4.78 is 5.67. The van der Waals surface area contributed by atoms with Crippen LogP contribution in [0.15, 0.2) is 65.6 Å². The molecule has 1 saturated heterocycles. The number of halogens is 2. The first-order chi connectivity index (χ1) is 18.5. The van der Waals surface area contributed by atoms with Gasteiger partial charge in [-0.3, -0.25) is 25.0 Å². The zero-order valence-electron chi connectivity index (χ0n) is 19.1. The highest BCUT2D eigenvalue weighted by Crippen LogP contribution is 2.36. The van der Waals surface area contributed by atoms with E-state index in [1.54, 1.807) is 12.1 Å². The largest absolute Gasteiger partial charge is 0.450 e. The molecule has 1 aliphatic heterocycles. The second kappa shape index (κ2) is 11.7. The number of thioether (sulfide) groups is 1. The summed E-state index contributed by atoms with van der Waals surface area (Å²) in [4.78, 5) is 46.3. The van der Waals surface area contributed by atoms with E-state index >= 15 is 0 Å². The number of hydrazine groups is 1. The van der Waals surface area contributed by atoms with Crippen LogP contribution < -0.4 is 15.5 Å². The van der Waals surface area contributed by atoms with Crippen molar-refractivity contribution in [1.82, 2.24) is 10.4 Å². The van der Waals surface area contributed by atoms with Gasteiger partial charge in [0.05, 0.1) is 30.9 Å². The van der Waals surface area contributed by atoms with Crippen LogP contribution >= 0.6 is 47.2 Å². The first-order valence-electron chi connectivity index (χ1n) is 10.5. The van der Waals surface area contributed by atoms with E-state index in [0.29, 0.717) is 16.3 Å². The van der Waals surface area contributed by atoms with E-state index < -0.39 is 33.2 Å². The molecule has 198 valence electrons. The van der Waals surface area contributed by atoms with Crippen molar-refractivity contribution < 1.29 is 24.2 Å². The van der Waals surface area contributed by atoms with E-state index in [-0.39, 0.29) is 25.7 Å². The van der Waals surface area contributed by atoms with Crippen LogP contribution in [-0.4, -0.2) is 31.1 Å². The fourth-order valence-electron chi connectivity index (χ4n) is 3.19. The maximum absolute atomic E-state index is 12.9. The standard InChI is InChI=1S/C23H13Cl2N5O7S2/c24-16-6-4-13(10-17(16)25)26-22(32)27-28-21(31)20(39-23(28)38)9-12-2-1-3-15(8-12)37-19-7-5-14(29(33)34)11-18(19)30(35)36/h1-11H,(H2,26,27,32)/b20-9+. The molecule has 0 radical (unpaired) electrons. The molecular weight excluding hydrogens is 593 g/mol. The van der Waals surface area contributed by atoms with Gasteiger partial charge < -0.3 is 10.1 Å². The monoisotopic (exact) mass is 605 g/mol. The van der Waals surface area contributed by atoms with Crippen LogP contribution in [0.4, 0.5) is 21.9 Å². The lowest BCUT2D eigenvalue weighted by Gasteiger charge is -2.16. The second-order valence-corrected chi connectivity index (χ2v) is 10.0. The predicted molar refractivity (Wildman–Crippen MR) is 150 cm³/mol. The lowest BCUT2D eigenvalue weighted by molar-refractivity contribution is -0.394. The Hall–Kier alpha value is -4.24. The molecule has 1 fully saturated rings. The van der Waals surface area contributed by atoms with E-state index in [4.69, 9.17) is 40.2 Å². The Morgan fingerprint density at radius 3 is 2.49 bits per heavy atom. The number of urea groups is 1. The van der Waals surface area contributed by atoms with Crippen LogP contribution in [0.25, 0.3) is 6.08 Å². The average Bonchev–Trinajstić information content (AvgIpc) is 3.13. The highest BCUT2D eigenvalue weighted by molar-refractivity contribution is 8.26. The summed E-state index contributed by atoms with van der Waals surface area (Å²) in [5.41, 5.74) is 2.16. The van der Waals surface area contributed by atoms with Gasteiger partial charge in [0.2, 0.25) is 5.75 Å². The molecular formula is C23H13Cl2N5O7S2. The normalized spacial score (nSPS) is 13.9. The number of benzene rings is 3. The van der Waals surface area contributed by atoms with Crippen molar-refractivity contribution in [1.29, 1.82) is 0 Å². The first-order valence-corrected chi connectivity index (χ1v) is 12.5. The molecule has 3 aromatic rings. The van der Waals surface area contributed by atoms with Crippen LogP contribution in [0.3, 0.4) is 0 Å². The van der Waals surface area contributed by atoms with Gasteiger partial charge in [0.15, 0.2) is 4.32 Å². The molecule has 1 aliphatic rings. The van der Waals surface area contributed by atoms with Crippen LogP contribution in [0.2, 0.25) is 10.0 Å². The van der Waals surface area contributed by atoms with Crippen LogP contribution in [0.1, 0.15) is 5.56 Å². The Labute approximate surface area is 238 Å². The molecule has 1 heterocycles. The van der Waals surface area contributed by atoms with Gasteiger partial charge in [-0.05, 0) is 60.3 Å². The second-order valence-electron chi connectivity index (χ2n) is 7.55. The highest BCUT2D eigenvalue weighted by atomic mass is 35.5. The molecule has 12 nitrogen and oxygen atoms in total. The summed E-state index contributed by atoms with van der Waals surface area (Å²) in [6.45, 7) is 0. The Morgan fingerprint density at radius 2 is 1.79 bits per heavy atom. The molecule has 3 aromatic carbocycles. The summed E-state index contributed by atoms with van der Waals surface area (Å²) in [6.07, 6.45) is 1.50. The lowest BCUT2D eigenvalue weighted by Crippen LogP contribution is -2.46. The lowest BCUT2D eigenvalue weighted by atomic mass is 10.2. The number of carbonyl (C=O) groups is 2. The Morgan fingerprint density at radius 1 is 1.03 bits per heavy atom. The highest BCUT2D eigenvalue weighted by Gasteiger charge is 2.33. The first kappa shape index (κ1) is 27.8. The number of hydrogen-bond donors (Lipinski definition) is 2. The maximum Gasteiger partial charge on any atom is 0.338 e.